The van der Waals surface area contributed by atoms with Gasteiger partial charge in [-0.05, 0) is 49.8 Å². The third-order valence-electron chi connectivity index (χ3n) is 5.63. The summed E-state index contributed by atoms with van der Waals surface area (Å²) in [5.74, 6) is 2.26. The Labute approximate surface area is 171 Å². The van der Waals surface area contributed by atoms with Crippen LogP contribution in [0.2, 0.25) is 0 Å². The summed E-state index contributed by atoms with van der Waals surface area (Å²) in [6.07, 6.45) is 6.69. The van der Waals surface area contributed by atoms with Gasteiger partial charge in [-0.3, -0.25) is 4.79 Å². The topological polar surface area (TPSA) is 76.6 Å². The van der Waals surface area contributed by atoms with Crippen molar-refractivity contribution < 1.29 is 14.3 Å². The van der Waals surface area contributed by atoms with Gasteiger partial charge in [0.2, 0.25) is 11.9 Å². The number of rotatable bonds is 7. The van der Waals surface area contributed by atoms with Crippen LogP contribution >= 0.6 is 0 Å². The van der Waals surface area contributed by atoms with Gasteiger partial charge in [-0.15, -0.1) is 0 Å². The normalized spacial score (nSPS) is 18.2. The van der Waals surface area contributed by atoms with Crippen LogP contribution < -0.4 is 19.7 Å². The van der Waals surface area contributed by atoms with Crippen molar-refractivity contribution in [3.63, 3.8) is 0 Å². The van der Waals surface area contributed by atoms with Crippen molar-refractivity contribution in [2.75, 3.05) is 38.3 Å². The van der Waals surface area contributed by atoms with E-state index in [1.54, 1.807) is 7.11 Å². The average molecular weight is 396 g/mol. The maximum atomic E-state index is 12.6. The number of para-hydroxylation sites is 2. The van der Waals surface area contributed by atoms with E-state index < -0.39 is 0 Å². The summed E-state index contributed by atoms with van der Waals surface area (Å²) >= 11 is 0. The Balaban J connectivity index is 1.26. The van der Waals surface area contributed by atoms with E-state index in [4.69, 9.17) is 14.5 Å². The molecule has 1 fully saturated rings. The third kappa shape index (κ3) is 4.60. The number of ether oxygens (including phenoxy) is 2. The number of carbonyl (C=O) groups is 1. The lowest BCUT2D eigenvalue weighted by Gasteiger charge is -2.24. The number of nitrogens with zero attached hydrogens (tertiary/aromatic N) is 3. The van der Waals surface area contributed by atoms with Gasteiger partial charge in [0, 0.05) is 30.9 Å². The molecule has 1 amide bonds. The van der Waals surface area contributed by atoms with Crippen molar-refractivity contribution in [2.45, 2.75) is 32.1 Å². The van der Waals surface area contributed by atoms with Gasteiger partial charge < -0.3 is 19.7 Å². The quantitative estimate of drug-likeness (QED) is 0.724. The molecule has 0 saturated carbocycles. The standard InChI is InChI=1S/C22H28N4O3/c1-28-19-6-2-3-7-20(19)29-13-10-23-21(27)16-8-9-18-17(14-16)15-24-22(25-18)26-11-4-5-12-26/h2-3,6-7,15-16H,4-5,8-14H2,1H3,(H,23,27)/t16-/m0/s1. The van der Waals surface area contributed by atoms with E-state index in [0.29, 0.717) is 31.1 Å². The fourth-order valence-electron chi connectivity index (χ4n) is 4.01. The number of carbonyl (C=O) groups excluding carboxylic acids is 1. The predicted octanol–water partition coefficient (Wildman–Crippen LogP) is 2.39. The maximum Gasteiger partial charge on any atom is 0.225 e. The van der Waals surface area contributed by atoms with Gasteiger partial charge in [0.05, 0.1) is 13.7 Å². The van der Waals surface area contributed by atoms with Gasteiger partial charge in [-0.2, -0.15) is 0 Å². The number of anilines is 1. The monoisotopic (exact) mass is 396 g/mol. The van der Waals surface area contributed by atoms with E-state index in [1.165, 1.54) is 12.8 Å². The van der Waals surface area contributed by atoms with Crippen LogP contribution in [0, 0.1) is 5.92 Å². The zero-order valence-corrected chi connectivity index (χ0v) is 16.9. The fourth-order valence-corrected chi connectivity index (χ4v) is 4.01. The van der Waals surface area contributed by atoms with Crippen molar-refractivity contribution in [3.8, 4) is 11.5 Å². The molecular formula is C22H28N4O3. The minimum atomic E-state index is -0.0324. The van der Waals surface area contributed by atoms with Crippen LogP contribution in [0.4, 0.5) is 5.95 Å². The van der Waals surface area contributed by atoms with Gasteiger partial charge >= 0.3 is 0 Å². The number of aryl methyl sites for hydroxylation is 1. The summed E-state index contributed by atoms with van der Waals surface area (Å²) in [4.78, 5) is 24.1. The highest BCUT2D eigenvalue weighted by molar-refractivity contribution is 5.79. The molecule has 29 heavy (non-hydrogen) atoms. The Morgan fingerprint density at radius 2 is 2.03 bits per heavy atom. The molecule has 0 bridgehead atoms. The Bertz CT molecular complexity index is 852. The predicted molar refractivity (Wildman–Crippen MR) is 110 cm³/mol. The number of hydrogen-bond acceptors (Lipinski definition) is 6. The van der Waals surface area contributed by atoms with E-state index in [0.717, 1.165) is 43.1 Å². The first-order valence-corrected chi connectivity index (χ1v) is 10.4. The molecule has 2 aliphatic rings. The number of aromatic nitrogens is 2. The first-order valence-electron chi connectivity index (χ1n) is 10.4. The minimum Gasteiger partial charge on any atom is -0.493 e. The zero-order chi connectivity index (χ0) is 20.1. The van der Waals surface area contributed by atoms with Crippen LogP contribution in [0.3, 0.4) is 0 Å². The van der Waals surface area contributed by atoms with Gasteiger partial charge in [-0.1, -0.05) is 12.1 Å². The van der Waals surface area contributed by atoms with Crippen LogP contribution in [0.1, 0.15) is 30.5 Å². The molecule has 1 saturated heterocycles. The van der Waals surface area contributed by atoms with Gasteiger partial charge in [0.25, 0.3) is 0 Å². The molecule has 7 nitrogen and oxygen atoms in total. The molecule has 1 aromatic heterocycles. The molecule has 0 spiro atoms. The molecule has 154 valence electrons. The number of methoxy groups -OCH3 is 1. The van der Waals surface area contributed by atoms with Gasteiger partial charge in [0.1, 0.15) is 6.61 Å². The fraction of sp³-hybridized carbons (Fsp3) is 0.500. The summed E-state index contributed by atoms with van der Waals surface area (Å²) in [6, 6.07) is 7.50. The number of benzene rings is 1. The highest BCUT2D eigenvalue weighted by Crippen LogP contribution is 2.27. The Morgan fingerprint density at radius 1 is 1.24 bits per heavy atom. The maximum absolute atomic E-state index is 12.6. The van der Waals surface area contributed by atoms with E-state index in [2.05, 4.69) is 15.2 Å². The van der Waals surface area contributed by atoms with E-state index in [9.17, 15) is 4.79 Å². The average Bonchev–Trinajstić information content (AvgIpc) is 3.31. The van der Waals surface area contributed by atoms with Gasteiger partial charge in [-0.25, -0.2) is 9.97 Å². The second-order valence-electron chi connectivity index (χ2n) is 7.57. The van der Waals surface area contributed by atoms with Crippen LogP contribution in [-0.4, -0.2) is 49.2 Å². The van der Waals surface area contributed by atoms with Crippen LogP contribution in [-0.2, 0) is 17.6 Å². The van der Waals surface area contributed by atoms with Crippen molar-refractivity contribution in [2.24, 2.45) is 5.92 Å². The van der Waals surface area contributed by atoms with Crippen LogP contribution in [0.25, 0.3) is 0 Å². The molecular weight excluding hydrogens is 368 g/mol. The van der Waals surface area contributed by atoms with Crippen LogP contribution in [0.15, 0.2) is 30.5 Å². The van der Waals surface area contributed by atoms with Crippen molar-refractivity contribution in [3.05, 3.63) is 41.7 Å². The molecule has 0 unspecified atom stereocenters. The van der Waals surface area contributed by atoms with E-state index >= 15 is 0 Å². The summed E-state index contributed by atoms with van der Waals surface area (Å²) in [5, 5.41) is 2.99. The molecule has 1 aliphatic carbocycles. The molecule has 2 aromatic rings. The zero-order valence-electron chi connectivity index (χ0n) is 16.9. The molecule has 7 heteroatoms. The summed E-state index contributed by atoms with van der Waals surface area (Å²) in [6.45, 7) is 2.95. The molecule has 1 aromatic carbocycles. The Morgan fingerprint density at radius 3 is 2.83 bits per heavy atom. The van der Waals surface area contributed by atoms with E-state index in [1.807, 2.05) is 30.5 Å². The Hall–Kier alpha value is -2.83. The lowest BCUT2D eigenvalue weighted by atomic mass is 9.87. The lowest BCUT2D eigenvalue weighted by Crippen LogP contribution is -2.36. The van der Waals surface area contributed by atoms with Crippen LogP contribution in [0.5, 0.6) is 11.5 Å². The summed E-state index contributed by atoms with van der Waals surface area (Å²) < 4.78 is 11.0. The lowest BCUT2D eigenvalue weighted by molar-refractivity contribution is -0.125. The number of nitrogens with one attached hydrogen (secondary N) is 1. The minimum absolute atomic E-state index is 0.0324. The first-order chi connectivity index (χ1) is 14.2. The summed E-state index contributed by atoms with van der Waals surface area (Å²) in [7, 11) is 1.61. The molecule has 1 atom stereocenters. The molecule has 4 rings (SSSR count). The molecule has 1 aliphatic heterocycles. The highest BCUT2D eigenvalue weighted by atomic mass is 16.5. The third-order valence-corrected chi connectivity index (χ3v) is 5.63. The number of hydrogen-bond donors (Lipinski definition) is 1. The SMILES string of the molecule is COc1ccccc1OCCNC(=O)[C@H]1CCc2nc(N3CCCC3)ncc2C1. The van der Waals surface area contributed by atoms with Crippen molar-refractivity contribution in [1.82, 2.24) is 15.3 Å². The van der Waals surface area contributed by atoms with Gasteiger partial charge in [0.15, 0.2) is 11.5 Å². The first kappa shape index (κ1) is 19.5. The molecule has 1 N–H and O–H groups in total. The van der Waals surface area contributed by atoms with E-state index in [-0.39, 0.29) is 11.8 Å². The second kappa shape index (κ2) is 9.11. The smallest absolute Gasteiger partial charge is 0.225 e. The Kier molecular flexibility index (Phi) is 6.12. The molecule has 0 radical (unpaired) electrons. The number of amides is 1. The second-order valence-corrected chi connectivity index (χ2v) is 7.57. The van der Waals surface area contributed by atoms with Crippen molar-refractivity contribution >= 4 is 11.9 Å². The summed E-state index contributed by atoms with van der Waals surface area (Å²) in [5.41, 5.74) is 2.20. The molecule has 2 heterocycles. The van der Waals surface area contributed by atoms with Crippen molar-refractivity contribution in [1.29, 1.82) is 0 Å². The number of fused-ring (bicyclic) bond motifs is 1. The highest BCUT2D eigenvalue weighted by Gasteiger charge is 2.27. The largest absolute Gasteiger partial charge is 0.493 e.